The van der Waals surface area contributed by atoms with Crippen molar-refractivity contribution >= 4 is 28.8 Å². The summed E-state index contributed by atoms with van der Waals surface area (Å²) in [6.45, 7) is 1.28. The van der Waals surface area contributed by atoms with Crippen LogP contribution < -0.4 is 10.2 Å². The lowest BCUT2D eigenvalue weighted by molar-refractivity contribution is 0.0952. The van der Waals surface area contributed by atoms with Gasteiger partial charge in [0, 0.05) is 42.4 Å². The zero-order valence-electron chi connectivity index (χ0n) is 19.4. The highest BCUT2D eigenvalue weighted by atomic mass is 32.1. The van der Waals surface area contributed by atoms with E-state index in [0.29, 0.717) is 24.7 Å². The van der Waals surface area contributed by atoms with Crippen LogP contribution in [-0.4, -0.2) is 43.1 Å². The first-order valence-corrected chi connectivity index (χ1v) is 12.8. The van der Waals surface area contributed by atoms with Crippen molar-refractivity contribution < 1.29 is 14.3 Å². The van der Waals surface area contributed by atoms with E-state index in [1.54, 1.807) is 13.2 Å². The summed E-state index contributed by atoms with van der Waals surface area (Å²) in [5.41, 5.74) is 4.38. The number of pyridine rings is 1. The summed E-state index contributed by atoms with van der Waals surface area (Å²) in [7, 11) is 1.71. The van der Waals surface area contributed by atoms with Crippen LogP contribution in [0.15, 0.2) is 48.5 Å². The topological polar surface area (TPSA) is 71.5 Å². The van der Waals surface area contributed by atoms with E-state index in [4.69, 9.17) is 4.74 Å². The Hall–Kier alpha value is -3.03. The standard InChI is InChI=1S/C27H29N3O3S/c1-33-16-5-4-7-19-8-6-10-22(28-19)27(32)30-15-14-18-17-24(26(31)29-20-12-13-20)34-25(18)21-9-2-3-11-23(21)30/h2-3,6,8-11,17,20H,4-5,7,12-16H2,1H3,(H,29,31). The van der Waals surface area contributed by atoms with Gasteiger partial charge in [-0.2, -0.15) is 0 Å². The number of unbranched alkanes of at least 4 members (excludes halogenated alkanes) is 1. The molecule has 6 nitrogen and oxygen atoms in total. The van der Waals surface area contributed by atoms with Gasteiger partial charge in [0.25, 0.3) is 11.8 Å². The summed E-state index contributed by atoms with van der Waals surface area (Å²) in [4.78, 5) is 34.6. The first-order chi connectivity index (χ1) is 16.6. The van der Waals surface area contributed by atoms with Crippen LogP contribution in [0.25, 0.3) is 10.4 Å². The average Bonchev–Trinajstić information content (AvgIpc) is 3.60. The van der Waals surface area contributed by atoms with Crippen molar-refractivity contribution in [1.29, 1.82) is 0 Å². The zero-order valence-corrected chi connectivity index (χ0v) is 20.2. The van der Waals surface area contributed by atoms with Crippen LogP contribution in [-0.2, 0) is 17.6 Å². The molecule has 0 spiro atoms. The second kappa shape index (κ2) is 10.1. The van der Waals surface area contributed by atoms with E-state index in [0.717, 1.165) is 71.0 Å². The van der Waals surface area contributed by atoms with E-state index in [9.17, 15) is 9.59 Å². The fraction of sp³-hybridized carbons (Fsp3) is 0.370. The number of amides is 2. The number of anilines is 1. The fourth-order valence-corrected chi connectivity index (χ4v) is 5.48. The van der Waals surface area contributed by atoms with Gasteiger partial charge in [0.2, 0.25) is 0 Å². The Labute approximate surface area is 204 Å². The van der Waals surface area contributed by atoms with E-state index in [-0.39, 0.29) is 11.8 Å². The Balaban J connectivity index is 1.39. The van der Waals surface area contributed by atoms with E-state index < -0.39 is 0 Å². The summed E-state index contributed by atoms with van der Waals surface area (Å²) in [6.07, 6.45) is 5.60. The molecule has 1 aliphatic carbocycles. The number of para-hydroxylation sites is 1. The van der Waals surface area contributed by atoms with E-state index in [1.165, 1.54) is 11.3 Å². The minimum atomic E-state index is -0.0898. The van der Waals surface area contributed by atoms with Gasteiger partial charge < -0.3 is 15.0 Å². The molecule has 0 saturated heterocycles. The van der Waals surface area contributed by atoms with Crippen LogP contribution in [0.2, 0.25) is 0 Å². The molecule has 0 radical (unpaired) electrons. The van der Waals surface area contributed by atoms with Crippen molar-refractivity contribution in [3.05, 3.63) is 70.4 Å². The smallest absolute Gasteiger partial charge is 0.276 e. The van der Waals surface area contributed by atoms with E-state index >= 15 is 0 Å². The third kappa shape index (κ3) is 4.91. The number of hydrogen-bond donors (Lipinski definition) is 1. The van der Waals surface area contributed by atoms with Crippen LogP contribution in [0, 0.1) is 0 Å². The lowest BCUT2D eigenvalue weighted by Crippen LogP contribution is -2.33. The number of methoxy groups -OCH3 is 1. The molecule has 1 fully saturated rings. The number of hydrogen-bond acceptors (Lipinski definition) is 5. The number of rotatable bonds is 8. The van der Waals surface area contributed by atoms with Gasteiger partial charge in [-0.3, -0.25) is 9.59 Å². The van der Waals surface area contributed by atoms with Gasteiger partial charge in [-0.1, -0.05) is 24.3 Å². The van der Waals surface area contributed by atoms with Gasteiger partial charge in [-0.15, -0.1) is 11.3 Å². The fourth-order valence-electron chi connectivity index (χ4n) is 4.33. The molecule has 2 amide bonds. The molecular weight excluding hydrogens is 446 g/mol. The van der Waals surface area contributed by atoms with Crippen LogP contribution >= 0.6 is 11.3 Å². The van der Waals surface area contributed by atoms with Crippen LogP contribution in [0.4, 0.5) is 5.69 Å². The normalized spacial score (nSPS) is 14.8. The molecule has 0 bridgehead atoms. The Morgan fingerprint density at radius 3 is 2.82 bits per heavy atom. The van der Waals surface area contributed by atoms with Gasteiger partial charge in [0.1, 0.15) is 5.69 Å². The van der Waals surface area contributed by atoms with Crippen LogP contribution in [0.3, 0.4) is 0 Å². The third-order valence-electron chi connectivity index (χ3n) is 6.29. The highest BCUT2D eigenvalue weighted by molar-refractivity contribution is 7.17. The second-order valence-electron chi connectivity index (χ2n) is 8.90. The number of carbonyl (C=O) groups excluding carboxylic acids is 2. The Kier molecular flexibility index (Phi) is 6.74. The molecule has 1 N–H and O–H groups in total. The highest BCUT2D eigenvalue weighted by Gasteiger charge is 2.29. The lowest BCUT2D eigenvalue weighted by Gasteiger charge is -2.23. The summed E-state index contributed by atoms with van der Waals surface area (Å²) >= 11 is 1.52. The van der Waals surface area contributed by atoms with Gasteiger partial charge >= 0.3 is 0 Å². The minimum absolute atomic E-state index is 0.0116. The number of ether oxygens (including phenoxy) is 1. The lowest BCUT2D eigenvalue weighted by atomic mass is 10.1. The predicted octanol–water partition coefficient (Wildman–Crippen LogP) is 4.87. The number of nitrogens with one attached hydrogen (secondary N) is 1. The predicted molar refractivity (Wildman–Crippen MR) is 135 cm³/mol. The summed E-state index contributed by atoms with van der Waals surface area (Å²) < 4.78 is 5.12. The van der Waals surface area contributed by atoms with Gasteiger partial charge in [-0.05, 0) is 68.4 Å². The van der Waals surface area contributed by atoms with Crippen molar-refractivity contribution in [2.24, 2.45) is 0 Å². The number of aryl methyl sites for hydroxylation is 1. The molecule has 1 aliphatic heterocycles. The van der Waals surface area contributed by atoms with Crippen molar-refractivity contribution in [1.82, 2.24) is 10.3 Å². The monoisotopic (exact) mass is 475 g/mol. The molecule has 1 saturated carbocycles. The van der Waals surface area contributed by atoms with Crippen LogP contribution in [0.5, 0.6) is 0 Å². The highest BCUT2D eigenvalue weighted by Crippen LogP contribution is 2.41. The maximum Gasteiger partial charge on any atom is 0.276 e. The van der Waals surface area contributed by atoms with E-state index in [2.05, 4.69) is 10.3 Å². The largest absolute Gasteiger partial charge is 0.385 e. The molecule has 0 unspecified atom stereocenters. The number of fused-ring (bicyclic) bond motifs is 3. The summed E-state index contributed by atoms with van der Waals surface area (Å²) in [5, 5.41) is 3.09. The number of carbonyl (C=O) groups is 2. The van der Waals surface area contributed by atoms with Crippen molar-refractivity contribution in [3.8, 4) is 10.4 Å². The van der Waals surface area contributed by atoms with Gasteiger partial charge in [0.05, 0.1) is 10.6 Å². The molecule has 7 heteroatoms. The number of aromatic nitrogens is 1. The van der Waals surface area contributed by atoms with Crippen molar-refractivity contribution in [2.45, 2.75) is 44.6 Å². The van der Waals surface area contributed by atoms with Crippen molar-refractivity contribution in [3.63, 3.8) is 0 Å². The molecule has 176 valence electrons. The molecule has 2 aliphatic rings. The SMILES string of the molecule is COCCCCc1cccc(C(=O)N2CCc3cc(C(=O)NC4CC4)sc3-c3ccccc32)n1. The molecule has 3 aromatic rings. The molecular formula is C27H29N3O3S. The molecule has 2 aromatic heterocycles. The Morgan fingerprint density at radius 1 is 1.15 bits per heavy atom. The molecule has 5 rings (SSSR count). The zero-order chi connectivity index (χ0) is 23.5. The number of nitrogens with zero attached hydrogens (tertiary/aromatic N) is 2. The minimum Gasteiger partial charge on any atom is -0.385 e. The maximum atomic E-state index is 13.6. The number of thiophene rings is 1. The molecule has 1 aromatic carbocycles. The molecule has 0 atom stereocenters. The third-order valence-corrected chi connectivity index (χ3v) is 7.50. The van der Waals surface area contributed by atoms with Crippen molar-refractivity contribution in [2.75, 3.05) is 25.2 Å². The van der Waals surface area contributed by atoms with Crippen LogP contribution in [0.1, 0.15) is 57.1 Å². The first-order valence-electron chi connectivity index (χ1n) is 11.9. The van der Waals surface area contributed by atoms with Gasteiger partial charge in [-0.25, -0.2) is 4.98 Å². The second-order valence-corrected chi connectivity index (χ2v) is 9.95. The molecule has 34 heavy (non-hydrogen) atoms. The quantitative estimate of drug-likeness (QED) is 0.472. The summed E-state index contributed by atoms with van der Waals surface area (Å²) in [5.74, 6) is -0.0782. The van der Waals surface area contributed by atoms with E-state index in [1.807, 2.05) is 47.4 Å². The Bertz CT molecular complexity index is 1200. The Morgan fingerprint density at radius 2 is 2.00 bits per heavy atom. The first kappa shape index (κ1) is 22.7. The number of benzene rings is 1. The molecule has 3 heterocycles. The average molecular weight is 476 g/mol. The summed E-state index contributed by atoms with van der Waals surface area (Å²) in [6, 6.07) is 16.0. The van der Waals surface area contributed by atoms with Gasteiger partial charge in [0.15, 0.2) is 0 Å². The maximum absolute atomic E-state index is 13.6.